The van der Waals surface area contributed by atoms with Crippen molar-refractivity contribution in [3.05, 3.63) is 236 Å². The average Bonchev–Trinajstić information content (AvgIpc) is 4.15. The number of fused-ring (bicyclic) bond motifs is 12. The fraction of sp³-hybridized carbons (Fsp3) is 0.0455. The highest BCUT2D eigenvalue weighted by atomic mass is 16.3. The molecule has 0 fully saturated rings. The fourth-order valence-corrected chi connectivity index (χ4v) is 11.8. The molecule has 0 unspecified atom stereocenters. The van der Waals surface area contributed by atoms with Gasteiger partial charge in [-0.2, -0.15) is 9.97 Å². The molecule has 6 heteroatoms. The van der Waals surface area contributed by atoms with Crippen molar-refractivity contribution >= 4 is 65.6 Å². The second-order valence-electron chi connectivity index (χ2n) is 19.6. The molecule has 0 saturated heterocycles. The molecule has 0 spiro atoms. The van der Waals surface area contributed by atoms with Gasteiger partial charge in [0.2, 0.25) is 5.95 Å². The van der Waals surface area contributed by atoms with Gasteiger partial charge in [0, 0.05) is 60.1 Å². The number of furan rings is 1. The van der Waals surface area contributed by atoms with E-state index in [1.165, 1.54) is 38.6 Å². The number of rotatable bonds is 6. The van der Waals surface area contributed by atoms with Crippen molar-refractivity contribution in [1.29, 1.82) is 0 Å². The Morgan fingerprint density at radius 3 is 1.78 bits per heavy atom. The van der Waals surface area contributed by atoms with E-state index < -0.39 is 0 Å². The number of aromatic nitrogens is 5. The highest BCUT2D eigenvalue weighted by Crippen LogP contribution is 2.50. The topological polar surface area (TPSA) is 61.7 Å². The largest absolute Gasteiger partial charge is 0.456 e. The summed E-state index contributed by atoms with van der Waals surface area (Å²) in [5, 5.41) is 6.76. The van der Waals surface area contributed by atoms with Gasteiger partial charge in [-0.15, -0.1) is 0 Å². The molecule has 0 bridgehead atoms. The molecular formula is C66H43N5O. The van der Waals surface area contributed by atoms with E-state index in [-0.39, 0.29) is 5.41 Å². The minimum Gasteiger partial charge on any atom is -0.456 e. The monoisotopic (exact) mass is 921 g/mol. The van der Waals surface area contributed by atoms with Crippen LogP contribution in [-0.4, -0.2) is 24.1 Å². The van der Waals surface area contributed by atoms with Gasteiger partial charge in [0.1, 0.15) is 11.2 Å². The van der Waals surface area contributed by atoms with Crippen LogP contribution in [-0.2, 0) is 5.41 Å². The Bertz CT molecular complexity index is 4500. The number of hydrogen-bond acceptors (Lipinski definition) is 4. The van der Waals surface area contributed by atoms with Gasteiger partial charge >= 0.3 is 0 Å². The van der Waals surface area contributed by atoms with Crippen LogP contribution in [0.25, 0.3) is 133 Å². The van der Waals surface area contributed by atoms with Gasteiger partial charge in [0.15, 0.2) is 11.6 Å². The van der Waals surface area contributed by atoms with E-state index in [1.807, 2.05) is 36.4 Å². The van der Waals surface area contributed by atoms with Gasteiger partial charge in [0.05, 0.1) is 22.1 Å². The van der Waals surface area contributed by atoms with E-state index in [1.54, 1.807) is 0 Å². The molecule has 0 aliphatic heterocycles. The zero-order valence-corrected chi connectivity index (χ0v) is 39.5. The molecule has 0 amide bonds. The Morgan fingerprint density at radius 2 is 0.944 bits per heavy atom. The third kappa shape index (κ3) is 5.99. The van der Waals surface area contributed by atoms with Crippen molar-refractivity contribution in [2.24, 2.45) is 0 Å². The molecule has 10 aromatic carbocycles. The van der Waals surface area contributed by atoms with Gasteiger partial charge in [-0.3, -0.25) is 4.57 Å². The predicted molar refractivity (Wildman–Crippen MR) is 295 cm³/mol. The van der Waals surface area contributed by atoms with Gasteiger partial charge in [0.25, 0.3) is 0 Å². The van der Waals surface area contributed by atoms with E-state index in [4.69, 9.17) is 19.4 Å². The number of para-hydroxylation sites is 4. The zero-order valence-electron chi connectivity index (χ0n) is 39.5. The lowest BCUT2D eigenvalue weighted by molar-refractivity contribution is 0.660. The highest BCUT2D eigenvalue weighted by molar-refractivity contribution is 6.15. The average molecular weight is 922 g/mol. The van der Waals surface area contributed by atoms with E-state index in [2.05, 4.69) is 211 Å². The normalized spacial score (nSPS) is 13.0. The maximum Gasteiger partial charge on any atom is 0.238 e. The Morgan fingerprint density at radius 1 is 0.347 bits per heavy atom. The SMILES string of the molecule is CC1(C)c2ccccc2-c2cc(-c3cccc(-c4cccc5c6cc(-n7c8ccccc8c8ccccc87)ccc6n(-c6nc(-c7ccccc7)nc(-c7ccc8c(c7)oc7ccccc78)n6)c45)c3)ccc21. The summed E-state index contributed by atoms with van der Waals surface area (Å²) in [7, 11) is 0. The fourth-order valence-electron chi connectivity index (χ4n) is 11.8. The molecule has 4 heterocycles. The molecule has 72 heavy (non-hydrogen) atoms. The van der Waals surface area contributed by atoms with Crippen LogP contribution in [0.4, 0.5) is 0 Å². The standard InChI is InChI=1S/C66H43N5O/c1-66(2)55-26-10-6-20-47(55)53-37-42(31-34-56(53)66)41-18-14-19-43(36-41)46-24-15-25-52-54-39-45(70-57-27-11-7-21-48(57)49-22-8-12-28-58(49)70)32-35-59(54)71(62(46)52)65-68-63(40-16-4-3-5-17-40)67-64(69-65)44-30-33-51-50-23-9-13-29-60(50)72-61(51)38-44/h3-39H,1-2H3. The maximum absolute atomic E-state index is 6.42. The van der Waals surface area contributed by atoms with Crippen LogP contribution >= 0.6 is 0 Å². The first-order chi connectivity index (χ1) is 35.4. The summed E-state index contributed by atoms with van der Waals surface area (Å²) in [4.78, 5) is 16.0. The van der Waals surface area contributed by atoms with Crippen LogP contribution in [0.1, 0.15) is 25.0 Å². The molecule has 0 N–H and O–H groups in total. The summed E-state index contributed by atoms with van der Waals surface area (Å²) in [5.41, 5.74) is 18.6. The van der Waals surface area contributed by atoms with Gasteiger partial charge in [-0.05, 0) is 99.6 Å². The first-order valence-electron chi connectivity index (χ1n) is 24.6. The van der Waals surface area contributed by atoms with Crippen molar-refractivity contribution < 1.29 is 4.42 Å². The molecule has 1 aliphatic carbocycles. The molecule has 1 aliphatic rings. The third-order valence-corrected chi connectivity index (χ3v) is 15.2. The van der Waals surface area contributed by atoms with Crippen LogP contribution in [0.3, 0.4) is 0 Å². The van der Waals surface area contributed by atoms with Crippen LogP contribution < -0.4 is 0 Å². The van der Waals surface area contributed by atoms with Crippen molar-refractivity contribution in [2.45, 2.75) is 19.3 Å². The van der Waals surface area contributed by atoms with E-state index >= 15 is 0 Å². The van der Waals surface area contributed by atoms with Gasteiger partial charge in [-0.25, -0.2) is 4.98 Å². The third-order valence-electron chi connectivity index (χ3n) is 15.2. The number of benzene rings is 10. The van der Waals surface area contributed by atoms with Crippen LogP contribution in [0.5, 0.6) is 0 Å². The van der Waals surface area contributed by atoms with Gasteiger partial charge in [-0.1, -0.05) is 178 Å². The molecule has 4 aromatic heterocycles. The van der Waals surface area contributed by atoms with E-state index in [9.17, 15) is 0 Å². The summed E-state index contributed by atoms with van der Waals surface area (Å²) in [6.07, 6.45) is 0. The first-order valence-corrected chi connectivity index (χ1v) is 24.6. The molecule has 0 radical (unpaired) electrons. The maximum atomic E-state index is 6.42. The Balaban J connectivity index is 0.982. The van der Waals surface area contributed by atoms with Crippen molar-refractivity contribution in [1.82, 2.24) is 24.1 Å². The van der Waals surface area contributed by atoms with Crippen LogP contribution in [0.15, 0.2) is 229 Å². The lowest BCUT2D eigenvalue weighted by Crippen LogP contribution is -2.14. The van der Waals surface area contributed by atoms with E-state index in [0.29, 0.717) is 17.6 Å². The summed E-state index contributed by atoms with van der Waals surface area (Å²) in [5.74, 6) is 1.66. The van der Waals surface area contributed by atoms with Crippen molar-refractivity contribution in [3.8, 4) is 67.8 Å². The summed E-state index contributed by atoms with van der Waals surface area (Å²) < 4.78 is 11.1. The summed E-state index contributed by atoms with van der Waals surface area (Å²) in [6.45, 7) is 4.67. The zero-order chi connectivity index (χ0) is 47.7. The minimum absolute atomic E-state index is 0.0633. The second kappa shape index (κ2) is 15.3. The lowest BCUT2D eigenvalue weighted by Gasteiger charge is -2.21. The second-order valence-corrected chi connectivity index (χ2v) is 19.6. The molecule has 0 saturated carbocycles. The number of nitrogens with zero attached hydrogens (tertiary/aromatic N) is 5. The molecule has 15 rings (SSSR count). The summed E-state index contributed by atoms with van der Waals surface area (Å²) >= 11 is 0. The Labute approximate surface area is 414 Å². The smallest absolute Gasteiger partial charge is 0.238 e. The first kappa shape index (κ1) is 40.5. The van der Waals surface area contributed by atoms with Gasteiger partial charge < -0.3 is 8.98 Å². The van der Waals surface area contributed by atoms with Crippen molar-refractivity contribution in [3.63, 3.8) is 0 Å². The van der Waals surface area contributed by atoms with Crippen molar-refractivity contribution in [2.75, 3.05) is 0 Å². The van der Waals surface area contributed by atoms with Crippen LogP contribution in [0.2, 0.25) is 0 Å². The summed E-state index contributed by atoms with van der Waals surface area (Å²) in [6, 6.07) is 80.3. The highest BCUT2D eigenvalue weighted by Gasteiger charge is 2.35. The Hall–Kier alpha value is -9.39. The Kier molecular flexibility index (Phi) is 8.61. The molecular weight excluding hydrogens is 879 g/mol. The molecule has 6 nitrogen and oxygen atoms in total. The number of hydrogen-bond donors (Lipinski definition) is 0. The van der Waals surface area contributed by atoms with Crippen LogP contribution in [0, 0.1) is 0 Å². The lowest BCUT2D eigenvalue weighted by atomic mass is 9.82. The van der Waals surface area contributed by atoms with E-state index in [0.717, 1.165) is 88.3 Å². The molecule has 14 aromatic rings. The quantitative estimate of drug-likeness (QED) is 0.167. The predicted octanol–water partition coefficient (Wildman–Crippen LogP) is 16.9. The molecule has 338 valence electrons. The minimum atomic E-state index is -0.0633. The molecule has 0 atom stereocenters.